The third-order valence-corrected chi connectivity index (χ3v) is 4.12. The van der Waals surface area contributed by atoms with Gasteiger partial charge in [0, 0.05) is 22.5 Å². The van der Waals surface area contributed by atoms with Crippen LogP contribution in [0.2, 0.25) is 0 Å². The number of hydrogen-bond donors (Lipinski definition) is 2. The van der Waals surface area contributed by atoms with Gasteiger partial charge in [-0.15, -0.1) is 0 Å². The highest BCUT2D eigenvalue weighted by atomic mass is 79.9. The van der Waals surface area contributed by atoms with Crippen LogP contribution in [0.4, 0.5) is 0 Å². The van der Waals surface area contributed by atoms with Gasteiger partial charge in [0.2, 0.25) is 0 Å². The minimum Gasteiger partial charge on any atom is -0.348 e. The molecule has 2 atom stereocenters. The predicted molar refractivity (Wildman–Crippen MR) is 79.7 cm³/mol. The smallest absolute Gasteiger partial charge is 0.278 e. The van der Waals surface area contributed by atoms with Crippen LogP contribution < -0.4 is 10.6 Å². The molecule has 1 aliphatic carbocycles. The number of benzene rings is 1. The maximum atomic E-state index is 12.0. The number of carbonyl (C=O) groups is 1. The average molecular weight is 326 g/mol. The molecule has 1 amide bonds. The Labute approximate surface area is 123 Å². The first-order chi connectivity index (χ1) is 9.10. The highest BCUT2D eigenvalue weighted by Crippen LogP contribution is 2.19. The van der Waals surface area contributed by atoms with Crippen molar-refractivity contribution < 1.29 is 10.1 Å². The monoisotopic (exact) mass is 325 g/mol. The number of amides is 1. The lowest BCUT2D eigenvalue weighted by Gasteiger charge is -2.19. The Bertz CT molecular complexity index is 428. The average Bonchev–Trinajstić information content (AvgIpc) is 3.20. The van der Waals surface area contributed by atoms with E-state index >= 15 is 0 Å². The van der Waals surface area contributed by atoms with Crippen LogP contribution in [0.3, 0.4) is 0 Å². The number of hydrogen-bond acceptors (Lipinski definition) is 1. The third-order valence-electron chi connectivity index (χ3n) is 3.60. The van der Waals surface area contributed by atoms with Crippen LogP contribution >= 0.6 is 15.9 Å². The molecule has 0 saturated heterocycles. The van der Waals surface area contributed by atoms with Crippen LogP contribution in [-0.4, -0.2) is 18.0 Å². The molecule has 104 valence electrons. The van der Waals surface area contributed by atoms with E-state index in [0.29, 0.717) is 12.1 Å². The maximum Gasteiger partial charge on any atom is 0.278 e. The van der Waals surface area contributed by atoms with E-state index in [1.807, 2.05) is 6.92 Å². The zero-order chi connectivity index (χ0) is 13.8. The summed E-state index contributed by atoms with van der Waals surface area (Å²) in [4.78, 5) is 12.0. The quantitative estimate of drug-likeness (QED) is 0.827. The Morgan fingerprint density at radius 2 is 2.05 bits per heavy atom. The highest BCUT2D eigenvalue weighted by Gasteiger charge is 2.28. The molecule has 0 aliphatic heterocycles. The van der Waals surface area contributed by atoms with E-state index in [1.165, 1.54) is 5.56 Å². The maximum absolute atomic E-state index is 12.0. The van der Waals surface area contributed by atoms with Crippen LogP contribution in [0.15, 0.2) is 28.7 Å². The minimum absolute atomic E-state index is 0.0332. The van der Waals surface area contributed by atoms with Gasteiger partial charge in [0.25, 0.3) is 5.91 Å². The molecule has 0 unspecified atom stereocenters. The van der Waals surface area contributed by atoms with Gasteiger partial charge in [-0.25, -0.2) is 0 Å². The summed E-state index contributed by atoms with van der Waals surface area (Å²) in [5.41, 5.74) is 1.27. The summed E-state index contributed by atoms with van der Waals surface area (Å²) in [7, 11) is 0. The van der Waals surface area contributed by atoms with Crippen molar-refractivity contribution in [3.8, 4) is 0 Å². The van der Waals surface area contributed by atoms with Gasteiger partial charge in [-0.2, -0.15) is 0 Å². The number of halogens is 1. The summed E-state index contributed by atoms with van der Waals surface area (Å²) in [5.74, 6) is 0.165. The number of nitrogens with one attached hydrogen (secondary N) is 1. The largest absolute Gasteiger partial charge is 0.348 e. The van der Waals surface area contributed by atoms with Gasteiger partial charge < -0.3 is 10.6 Å². The number of rotatable bonds is 6. The summed E-state index contributed by atoms with van der Waals surface area (Å²) >= 11 is 3.45. The first-order valence-corrected chi connectivity index (χ1v) is 7.80. The van der Waals surface area contributed by atoms with Crippen molar-refractivity contribution in [2.24, 2.45) is 0 Å². The van der Waals surface area contributed by atoms with E-state index in [0.717, 1.165) is 23.7 Å². The summed E-state index contributed by atoms with van der Waals surface area (Å²) in [6.45, 7) is 4.15. The lowest BCUT2D eigenvalue weighted by molar-refractivity contribution is -0.713. The summed E-state index contributed by atoms with van der Waals surface area (Å²) in [6, 6.07) is 9.11. The van der Waals surface area contributed by atoms with E-state index < -0.39 is 0 Å². The van der Waals surface area contributed by atoms with Crippen molar-refractivity contribution in [3.63, 3.8) is 0 Å². The molecule has 0 heterocycles. The lowest BCUT2D eigenvalue weighted by atomic mass is 10.0. The zero-order valence-corrected chi connectivity index (χ0v) is 13.1. The molecular formula is C15H22BrN2O+. The van der Waals surface area contributed by atoms with Crippen LogP contribution in [0.25, 0.3) is 0 Å². The second-order valence-electron chi connectivity index (χ2n) is 5.33. The second kappa shape index (κ2) is 6.53. The number of nitrogens with two attached hydrogens (primary N) is 1. The number of quaternary nitrogens is 1. The standard InChI is InChI=1S/C15H21BrN2O/c1-3-14(11-4-6-12(16)7-5-11)17-10(2)15(19)18-13-8-9-13/h4-7,10,13-14,17H,3,8-9H2,1-2H3,(H,18,19)/p+1/t10-,14-/m0/s1. The highest BCUT2D eigenvalue weighted by molar-refractivity contribution is 9.10. The lowest BCUT2D eigenvalue weighted by Crippen LogP contribution is -2.92. The molecule has 1 aromatic rings. The molecule has 0 radical (unpaired) electrons. The third kappa shape index (κ3) is 4.32. The normalized spacial score (nSPS) is 17.8. The molecule has 3 N–H and O–H groups in total. The molecule has 0 aromatic heterocycles. The summed E-state index contributed by atoms with van der Waals surface area (Å²) in [5, 5.41) is 5.23. The van der Waals surface area contributed by atoms with Gasteiger partial charge in [-0.1, -0.05) is 35.0 Å². The molecule has 19 heavy (non-hydrogen) atoms. The molecule has 0 spiro atoms. The fraction of sp³-hybridized carbons (Fsp3) is 0.533. The van der Waals surface area contributed by atoms with Crippen molar-refractivity contribution in [2.45, 2.75) is 51.2 Å². The van der Waals surface area contributed by atoms with E-state index in [1.54, 1.807) is 0 Å². The Kier molecular flexibility index (Phi) is 4.99. The van der Waals surface area contributed by atoms with Crippen LogP contribution in [0.1, 0.15) is 44.7 Å². The molecule has 1 aliphatic rings. The molecule has 0 bridgehead atoms. The predicted octanol–water partition coefficient (Wildman–Crippen LogP) is 2.13. The zero-order valence-electron chi connectivity index (χ0n) is 11.5. The molecule has 1 aromatic carbocycles. The first-order valence-electron chi connectivity index (χ1n) is 7.01. The first kappa shape index (κ1) is 14.5. The fourth-order valence-electron chi connectivity index (χ4n) is 2.19. The van der Waals surface area contributed by atoms with Crippen molar-refractivity contribution in [1.29, 1.82) is 0 Å². The Hall–Kier alpha value is -0.870. The molecule has 3 nitrogen and oxygen atoms in total. The SMILES string of the molecule is CC[C@H]([NH2+][C@@H](C)C(=O)NC1CC1)c1ccc(Br)cc1. The fourth-order valence-corrected chi connectivity index (χ4v) is 2.45. The van der Waals surface area contributed by atoms with Crippen LogP contribution in [0, 0.1) is 0 Å². The Balaban J connectivity index is 1.93. The van der Waals surface area contributed by atoms with Crippen molar-refractivity contribution in [3.05, 3.63) is 34.3 Å². The second-order valence-corrected chi connectivity index (χ2v) is 6.25. The van der Waals surface area contributed by atoms with Crippen molar-refractivity contribution in [1.82, 2.24) is 5.32 Å². The van der Waals surface area contributed by atoms with E-state index in [4.69, 9.17) is 0 Å². The van der Waals surface area contributed by atoms with Gasteiger partial charge in [0.1, 0.15) is 6.04 Å². The van der Waals surface area contributed by atoms with Gasteiger partial charge >= 0.3 is 0 Å². The van der Waals surface area contributed by atoms with E-state index in [9.17, 15) is 4.79 Å². The number of carbonyl (C=O) groups excluding carboxylic acids is 1. The summed E-state index contributed by atoms with van der Waals surface area (Å²) < 4.78 is 1.09. The molecule has 2 rings (SSSR count). The van der Waals surface area contributed by atoms with Crippen LogP contribution in [-0.2, 0) is 4.79 Å². The van der Waals surface area contributed by atoms with Crippen LogP contribution in [0.5, 0.6) is 0 Å². The van der Waals surface area contributed by atoms with Gasteiger partial charge in [0.05, 0.1) is 0 Å². The van der Waals surface area contributed by atoms with E-state index in [2.05, 4.69) is 57.8 Å². The molecule has 1 saturated carbocycles. The van der Waals surface area contributed by atoms with Gasteiger partial charge in [-0.05, 0) is 31.9 Å². The van der Waals surface area contributed by atoms with Gasteiger partial charge in [0.15, 0.2) is 6.04 Å². The van der Waals surface area contributed by atoms with Gasteiger partial charge in [-0.3, -0.25) is 4.79 Å². The molecular weight excluding hydrogens is 304 g/mol. The van der Waals surface area contributed by atoms with Crippen molar-refractivity contribution in [2.75, 3.05) is 0 Å². The van der Waals surface area contributed by atoms with Crippen molar-refractivity contribution >= 4 is 21.8 Å². The summed E-state index contributed by atoms with van der Waals surface area (Å²) in [6.07, 6.45) is 3.30. The molecule has 4 heteroatoms. The Morgan fingerprint density at radius 1 is 1.42 bits per heavy atom. The molecule has 1 fully saturated rings. The Morgan fingerprint density at radius 3 is 2.58 bits per heavy atom. The van der Waals surface area contributed by atoms with E-state index in [-0.39, 0.29) is 11.9 Å². The minimum atomic E-state index is -0.0332. The topological polar surface area (TPSA) is 45.7 Å².